The first-order valence-corrected chi connectivity index (χ1v) is 3.78. The van der Waals surface area contributed by atoms with E-state index in [1.54, 1.807) is 0 Å². The van der Waals surface area contributed by atoms with Crippen LogP contribution in [0, 0.1) is 5.82 Å². The number of hydrogen-bond donors (Lipinski definition) is 2. The quantitative estimate of drug-likeness (QED) is 0.530. The molecule has 0 spiro atoms. The molecule has 0 aliphatic carbocycles. The zero-order valence-corrected chi connectivity index (χ0v) is 7.27. The Morgan fingerprint density at radius 3 is 2.33 bits per heavy atom. The zero-order chi connectivity index (χ0) is 9.30. The van der Waals surface area contributed by atoms with Crippen molar-refractivity contribution in [2.75, 3.05) is 0 Å². The van der Waals surface area contributed by atoms with Crippen molar-refractivity contribution in [3.63, 3.8) is 0 Å². The fourth-order valence-corrected chi connectivity index (χ4v) is 1.18. The van der Waals surface area contributed by atoms with E-state index in [0.29, 0.717) is 0 Å². The van der Waals surface area contributed by atoms with Gasteiger partial charge in [0, 0.05) is 10.5 Å². The van der Waals surface area contributed by atoms with Crippen molar-refractivity contribution in [3.8, 4) is 0 Å². The molecule has 0 unspecified atom stereocenters. The first kappa shape index (κ1) is 9.80. The third-order valence-electron chi connectivity index (χ3n) is 1.30. The lowest BCUT2D eigenvalue weighted by atomic mass is 9.80. The van der Waals surface area contributed by atoms with Gasteiger partial charge in [-0.25, -0.2) is 4.39 Å². The molecule has 1 aromatic rings. The van der Waals surface area contributed by atoms with Gasteiger partial charge >= 0.3 is 7.12 Å². The minimum atomic E-state index is -1.81. The molecule has 2 nitrogen and oxygen atoms in total. The van der Waals surface area contributed by atoms with Gasteiger partial charge in [-0.2, -0.15) is 0 Å². The van der Waals surface area contributed by atoms with Crippen molar-refractivity contribution in [2.45, 2.75) is 0 Å². The van der Waals surface area contributed by atoms with Crippen molar-refractivity contribution in [3.05, 3.63) is 28.0 Å². The molecule has 0 amide bonds. The molecule has 0 aliphatic rings. The third-order valence-corrected chi connectivity index (χ3v) is 1.92. The molecule has 0 aromatic heterocycles. The fraction of sp³-hybridized carbons (Fsp3) is 0. The van der Waals surface area contributed by atoms with Crippen LogP contribution in [0.15, 0.2) is 12.1 Å². The molecule has 0 radical (unpaired) electrons. The van der Waals surface area contributed by atoms with Gasteiger partial charge in [0.05, 0.1) is 5.02 Å². The number of benzene rings is 1. The molecule has 1 rings (SSSR count). The molecule has 0 bridgehead atoms. The van der Waals surface area contributed by atoms with Crippen molar-refractivity contribution >= 4 is 35.8 Å². The van der Waals surface area contributed by atoms with Gasteiger partial charge in [0.1, 0.15) is 5.82 Å². The number of halogens is 3. The van der Waals surface area contributed by atoms with Gasteiger partial charge in [-0.15, -0.1) is 0 Å². The summed E-state index contributed by atoms with van der Waals surface area (Å²) >= 11 is 10.9. The summed E-state index contributed by atoms with van der Waals surface area (Å²) in [6, 6.07) is 2.19. The molecule has 0 saturated heterocycles. The van der Waals surface area contributed by atoms with Crippen LogP contribution in [-0.4, -0.2) is 17.2 Å². The third kappa shape index (κ3) is 1.90. The lowest BCUT2D eigenvalue weighted by molar-refractivity contribution is 0.425. The summed E-state index contributed by atoms with van der Waals surface area (Å²) in [5.41, 5.74) is -0.137. The highest BCUT2D eigenvalue weighted by atomic mass is 35.5. The standard InChI is InChI=1S/C6H4BCl2FO2/c8-3-1-4(7(11)12)6(9)5(10)2-3/h1-2,11-12H. The second-order valence-corrected chi connectivity index (χ2v) is 2.98. The lowest BCUT2D eigenvalue weighted by Crippen LogP contribution is -2.31. The Morgan fingerprint density at radius 2 is 1.83 bits per heavy atom. The normalized spacial score (nSPS) is 10.1. The summed E-state index contributed by atoms with van der Waals surface area (Å²) in [6.07, 6.45) is 0. The van der Waals surface area contributed by atoms with Crippen LogP contribution in [0.1, 0.15) is 0 Å². The Hall–Kier alpha value is -0.285. The van der Waals surface area contributed by atoms with Crippen LogP contribution in [0.4, 0.5) is 4.39 Å². The molecule has 0 fully saturated rings. The smallest absolute Gasteiger partial charge is 0.423 e. The molecule has 1 aromatic carbocycles. The van der Waals surface area contributed by atoms with Gasteiger partial charge < -0.3 is 10.0 Å². The van der Waals surface area contributed by atoms with Gasteiger partial charge in [-0.1, -0.05) is 23.2 Å². The van der Waals surface area contributed by atoms with Crippen LogP contribution >= 0.6 is 23.2 Å². The van der Waals surface area contributed by atoms with Crippen molar-refractivity contribution in [2.24, 2.45) is 0 Å². The van der Waals surface area contributed by atoms with Crippen LogP contribution in [0.2, 0.25) is 10.0 Å². The van der Waals surface area contributed by atoms with E-state index in [1.165, 1.54) is 6.07 Å². The maximum Gasteiger partial charge on any atom is 0.490 e. The minimum absolute atomic E-state index is 0.0694. The summed E-state index contributed by atoms with van der Waals surface area (Å²) in [4.78, 5) is 0. The van der Waals surface area contributed by atoms with E-state index in [1.807, 2.05) is 0 Å². The van der Waals surface area contributed by atoms with E-state index in [9.17, 15) is 4.39 Å². The van der Waals surface area contributed by atoms with E-state index in [-0.39, 0.29) is 15.5 Å². The zero-order valence-electron chi connectivity index (χ0n) is 5.76. The molecular weight excluding hydrogens is 205 g/mol. The molecular formula is C6H4BCl2FO2. The van der Waals surface area contributed by atoms with E-state index in [0.717, 1.165) is 6.07 Å². The first-order valence-electron chi connectivity index (χ1n) is 3.03. The SMILES string of the molecule is OB(O)c1cc(Cl)cc(F)c1Cl. The highest BCUT2D eigenvalue weighted by Gasteiger charge is 2.18. The summed E-state index contributed by atoms with van der Waals surface area (Å²) in [5, 5.41) is 17.1. The molecule has 64 valence electrons. The predicted molar refractivity (Wildman–Crippen MR) is 46.2 cm³/mol. The predicted octanol–water partition coefficient (Wildman–Crippen LogP) is 0.812. The van der Waals surface area contributed by atoms with E-state index in [4.69, 9.17) is 33.2 Å². The Labute approximate surface area is 78.7 Å². The van der Waals surface area contributed by atoms with Crippen LogP contribution in [0.3, 0.4) is 0 Å². The fourth-order valence-electron chi connectivity index (χ4n) is 0.764. The van der Waals surface area contributed by atoms with Crippen molar-refractivity contribution in [1.82, 2.24) is 0 Å². The maximum absolute atomic E-state index is 12.8. The monoisotopic (exact) mass is 208 g/mol. The topological polar surface area (TPSA) is 40.5 Å². The molecule has 12 heavy (non-hydrogen) atoms. The number of hydrogen-bond acceptors (Lipinski definition) is 2. The minimum Gasteiger partial charge on any atom is -0.423 e. The summed E-state index contributed by atoms with van der Waals surface area (Å²) in [5.74, 6) is -0.771. The van der Waals surface area contributed by atoms with Gasteiger partial charge in [-0.05, 0) is 12.1 Å². The Balaban J connectivity index is 3.28. The molecule has 6 heteroatoms. The lowest BCUT2D eigenvalue weighted by Gasteiger charge is -2.03. The van der Waals surface area contributed by atoms with Crippen LogP contribution in [0.5, 0.6) is 0 Å². The highest BCUT2D eigenvalue weighted by molar-refractivity contribution is 6.63. The van der Waals surface area contributed by atoms with Gasteiger partial charge in [0.25, 0.3) is 0 Å². The van der Waals surface area contributed by atoms with Gasteiger partial charge in [0.15, 0.2) is 0 Å². The largest absolute Gasteiger partial charge is 0.490 e. The van der Waals surface area contributed by atoms with E-state index < -0.39 is 12.9 Å². The van der Waals surface area contributed by atoms with E-state index in [2.05, 4.69) is 0 Å². The summed E-state index contributed by atoms with van der Waals surface area (Å²) in [6.45, 7) is 0. The Bertz CT molecular complexity index is 306. The number of rotatable bonds is 1. The summed E-state index contributed by atoms with van der Waals surface area (Å²) in [7, 11) is -1.81. The van der Waals surface area contributed by atoms with Gasteiger partial charge in [0.2, 0.25) is 0 Å². The molecule has 0 heterocycles. The van der Waals surface area contributed by atoms with Crippen LogP contribution < -0.4 is 5.46 Å². The first-order chi connectivity index (χ1) is 5.52. The molecule has 2 N–H and O–H groups in total. The molecule has 0 aliphatic heterocycles. The Morgan fingerprint density at radius 1 is 1.25 bits per heavy atom. The van der Waals surface area contributed by atoms with Crippen molar-refractivity contribution < 1.29 is 14.4 Å². The second kappa shape index (κ2) is 3.62. The maximum atomic E-state index is 12.8. The average Bonchev–Trinajstić information content (AvgIpc) is 1.96. The van der Waals surface area contributed by atoms with E-state index >= 15 is 0 Å². The van der Waals surface area contributed by atoms with Crippen LogP contribution in [-0.2, 0) is 0 Å². The molecule has 0 saturated carbocycles. The summed E-state index contributed by atoms with van der Waals surface area (Å²) < 4.78 is 12.8. The average molecular weight is 209 g/mol. The Kier molecular flexibility index (Phi) is 2.96. The highest BCUT2D eigenvalue weighted by Crippen LogP contribution is 2.17. The van der Waals surface area contributed by atoms with Crippen molar-refractivity contribution in [1.29, 1.82) is 0 Å². The molecule has 0 atom stereocenters. The van der Waals surface area contributed by atoms with Gasteiger partial charge in [-0.3, -0.25) is 0 Å². The second-order valence-electron chi connectivity index (χ2n) is 2.16. The van der Waals surface area contributed by atoms with Crippen LogP contribution in [0.25, 0.3) is 0 Å².